The summed E-state index contributed by atoms with van der Waals surface area (Å²) in [5.41, 5.74) is -0.821. The van der Waals surface area contributed by atoms with Crippen LogP contribution >= 0.6 is 0 Å². The molecule has 0 heterocycles. The van der Waals surface area contributed by atoms with Gasteiger partial charge in [0.25, 0.3) is 0 Å². The lowest BCUT2D eigenvalue weighted by Gasteiger charge is -2.47. The fraction of sp³-hybridized carbons (Fsp3) is 0.733. The number of aliphatic hydroxyl groups excluding tert-OH is 1. The van der Waals surface area contributed by atoms with Gasteiger partial charge in [-0.3, -0.25) is 9.59 Å². The third-order valence-electron chi connectivity index (χ3n) is 5.07. The smallest absolute Gasteiger partial charge is 0.191 e. The summed E-state index contributed by atoms with van der Waals surface area (Å²) >= 11 is 0. The van der Waals surface area contributed by atoms with Gasteiger partial charge >= 0.3 is 0 Å². The zero-order valence-corrected chi connectivity index (χ0v) is 11.8. The summed E-state index contributed by atoms with van der Waals surface area (Å²) in [6.07, 6.45) is 2.19. The number of carbonyl (C=O) groups is 2. The molecule has 0 aliphatic heterocycles. The largest absolute Gasteiger partial charge is 0.396 e. The molecule has 1 saturated carbocycles. The maximum absolute atomic E-state index is 12.7. The van der Waals surface area contributed by atoms with Gasteiger partial charge in [-0.1, -0.05) is 13.8 Å². The van der Waals surface area contributed by atoms with Gasteiger partial charge in [0, 0.05) is 24.5 Å². The first-order valence-electron chi connectivity index (χ1n) is 6.89. The van der Waals surface area contributed by atoms with Gasteiger partial charge in [0.1, 0.15) is 5.60 Å². The van der Waals surface area contributed by atoms with Crippen LogP contribution in [0.2, 0.25) is 0 Å². The molecule has 0 aromatic heterocycles. The van der Waals surface area contributed by atoms with E-state index in [1.165, 1.54) is 0 Å². The summed E-state index contributed by atoms with van der Waals surface area (Å²) < 4.78 is 0. The number of ketones is 2. The first-order valence-corrected chi connectivity index (χ1v) is 6.89. The number of fused-ring (bicyclic) bond motifs is 1. The van der Waals surface area contributed by atoms with E-state index in [2.05, 4.69) is 0 Å². The summed E-state index contributed by atoms with van der Waals surface area (Å²) in [6.45, 7) is 5.11. The lowest BCUT2D eigenvalue weighted by Crippen LogP contribution is -2.54. The van der Waals surface area contributed by atoms with E-state index in [4.69, 9.17) is 0 Å². The van der Waals surface area contributed by atoms with E-state index >= 15 is 0 Å². The number of rotatable bonds is 2. The lowest BCUT2D eigenvalue weighted by molar-refractivity contribution is -0.148. The minimum atomic E-state index is -1.53. The van der Waals surface area contributed by atoms with Crippen molar-refractivity contribution in [2.75, 3.05) is 6.61 Å². The summed E-state index contributed by atoms with van der Waals surface area (Å²) in [5, 5.41) is 19.9. The molecule has 3 atom stereocenters. The molecule has 0 spiro atoms. The quantitative estimate of drug-likeness (QED) is 0.792. The van der Waals surface area contributed by atoms with E-state index in [0.717, 1.165) is 0 Å². The molecule has 0 saturated heterocycles. The normalized spacial score (nSPS) is 37.3. The third kappa shape index (κ3) is 1.98. The summed E-state index contributed by atoms with van der Waals surface area (Å²) in [6, 6.07) is 0. The van der Waals surface area contributed by atoms with E-state index in [1.807, 2.05) is 6.92 Å². The Hall–Kier alpha value is -1.00. The Kier molecular flexibility index (Phi) is 3.43. The van der Waals surface area contributed by atoms with E-state index in [9.17, 15) is 19.8 Å². The molecule has 0 unspecified atom stereocenters. The molecule has 106 valence electrons. The summed E-state index contributed by atoms with van der Waals surface area (Å²) in [4.78, 5) is 24.5. The molecule has 2 aliphatic carbocycles. The highest BCUT2D eigenvalue weighted by atomic mass is 16.3. The molecule has 4 nitrogen and oxygen atoms in total. The van der Waals surface area contributed by atoms with Gasteiger partial charge in [0.15, 0.2) is 11.6 Å². The maximum Gasteiger partial charge on any atom is 0.191 e. The van der Waals surface area contributed by atoms with Gasteiger partial charge in [-0.25, -0.2) is 0 Å². The van der Waals surface area contributed by atoms with Crippen molar-refractivity contribution in [3.63, 3.8) is 0 Å². The predicted octanol–water partition coefficient (Wildman–Crippen LogP) is 1.39. The van der Waals surface area contributed by atoms with Crippen LogP contribution in [0.15, 0.2) is 11.1 Å². The standard InChI is InChI=1S/C15H22O4/c1-9(8-16)15(19)7-6-14(3)5-4-11(17)10(2)12(14)13(15)18/h9,16,19H,4-8H2,1-3H3/t9-,14-,15-/m1/s1. The van der Waals surface area contributed by atoms with Crippen LogP contribution in [0.5, 0.6) is 0 Å². The van der Waals surface area contributed by atoms with Crippen LogP contribution in [0.1, 0.15) is 46.5 Å². The minimum absolute atomic E-state index is 0.00160. The fourth-order valence-electron chi connectivity index (χ4n) is 3.41. The molecule has 1 fully saturated rings. The van der Waals surface area contributed by atoms with Crippen molar-refractivity contribution in [2.24, 2.45) is 11.3 Å². The Morgan fingerprint density at radius 1 is 1.26 bits per heavy atom. The predicted molar refractivity (Wildman–Crippen MR) is 70.5 cm³/mol. The zero-order valence-electron chi connectivity index (χ0n) is 11.8. The van der Waals surface area contributed by atoms with E-state index in [1.54, 1.807) is 13.8 Å². The third-order valence-corrected chi connectivity index (χ3v) is 5.07. The SMILES string of the molecule is CC1=C2C(=O)[C@](O)([C@H](C)CO)CC[C@@]2(C)CCC1=O. The van der Waals surface area contributed by atoms with Crippen molar-refractivity contribution in [1.29, 1.82) is 0 Å². The van der Waals surface area contributed by atoms with Crippen LogP contribution < -0.4 is 0 Å². The van der Waals surface area contributed by atoms with Gasteiger partial charge in [-0.05, 0) is 37.2 Å². The maximum atomic E-state index is 12.7. The van der Waals surface area contributed by atoms with E-state index in [0.29, 0.717) is 36.8 Å². The van der Waals surface area contributed by atoms with Crippen molar-refractivity contribution in [1.82, 2.24) is 0 Å². The number of hydrogen-bond donors (Lipinski definition) is 2. The molecule has 2 aliphatic rings. The Morgan fingerprint density at radius 3 is 2.47 bits per heavy atom. The zero-order chi connectivity index (χ0) is 14.4. The number of aliphatic hydroxyl groups is 2. The first-order chi connectivity index (χ1) is 8.76. The van der Waals surface area contributed by atoms with Crippen molar-refractivity contribution in [2.45, 2.75) is 52.1 Å². The lowest BCUT2D eigenvalue weighted by atomic mass is 9.58. The molecule has 2 rings (SSSR count). The molecular formula is C15H22O4. The first kappa shape index (κ1) is 14.4. The molecule has 0 bridgehead atoms. The van der Waals surface area contributed by atoms with Crippen LogP contribution in [0, 0.1) is 11.3 Å². The van der Waals surface area contributed by atoms with Crippen molar-refractivity contribution in [3.05, 3.63) is 11.1 Å². The highest BCUT2D eigenvalue weighted by molar-refractivity contribution is 6.11. The fourth-order valence-corrected chi connectivity index (χ4v) is 3.41. The van der Waals surface area contributed by atoms with E-state index in [-0.39, 0.29) is 23.6 Å². The summed E-state index contributed by atoms with van der Waals surface area (Å²) in [5.74, 6) is -0.864. The van der Waals surface area contributed by atoms with Gasteiger partial charge < -0.3 is 10.2 Å². The van der Waals surface area contributed by atoms with Crippen LogP contribution in [0.3, 0.4) is 0 Å². The highest BCUT2D eigenvalue weighted by Crippen LogP contribution is 2.51. The van der Waals surface area contributed by atoms with Crippen molar-refractivity contribution >= 4 is 11.6 Å². The molecule has 0 radical (unpaired) electrons. The monoisotopic (exact) mass is 266 g/mol. The molecule has 0 aromatic rings. The molecule has 0 amide bonds. The minimum Gasteiger partial charge on any atom is -0.396 e. The number of carbonyl (C=O) groups excluding carboxylic acids is 2. The second-order valence-corrected chi connectivity index (χ2v) is 6.32. The van der Waals surface area contributed by atoms with Gasteiger partial charge in [0.2, 0.25) is 0 Å². The van der Waals surface area contributed by atoms with E-state index < -0.39 is 11.5 Å². The molecule has 0 aromatic carbocycles. The van der Waals surface area contributed by atoms with Gasteiger partial charge in [-0.2, -0.15) is 0 Å². The average molecular weight is 266 g/mol. The van der Waals surface area contributed by atoms with Crippen LogP contribution in [-0.4, -0.2) is 34.0 Å². The molecular weight excluding hydrogens is 244 g/mol. The van der Waals surface area contributed by atoms with Crippen LogP contribution in [0.25, 0.3) is 0 Å². The number of hydrogen-bond acceptors (Lipinski definition) is 4. The number of allylic oxidation sites excluding steroid dienone is 1. The second-order valence-electron chi connectivity index (χ2n) is 6.32. The molecule has 2 N–H and O–H groups in total. The molecule has 4 heteroatoms. The second kappa shape index (κ2) is 4.53. The van der Waals surface area contributed by atoms with Crippen LogP contribution in [0.4, 0.5) is 0 Å². The Labute approximate surface area is 113 Å². The molecule has 19 heavy (non-hydrogen) atoms. The van der Waals surface area contributed by atoms with Crippen LogP contribution in [-0.2, 0) is 9.59 Å². The Bertz CT molecular complexity index is 465. The Morgan fingerprint density at radius 2 is 1.89 bits per heavy atom. The highest BCUT2D eigenvalue weighted by Gasteiger charge is 2.53. The summed E-state index contributed by atoms with van der Waals surface area (Å²) in [7, 11) is 0. The topological polar surface area (TPSA) is 74.6 Å². The average Bonchev–Trinajstić information content (AvgIpc) is 2.38. The van der Waals surface area contributed by atoms with Crippen molar-refractivity contribution in [3.8, 4) is 0 Å². The van der Waals surface area contributed by atoms with Gasteiger partial charge in [-0.15, -0.1) is 0 Å². The van der Waals surface area contributed by atoms with Crippen molar-refractivity contribution < 1.29 is 19.8 Å². The number of Topliss-reactive ketones (excluding diaryl/α,β-unsaturated/α-hetero) is 2. The van der Waals surface area contributed by atoms with Gasteiger partial charge in [0.05, 0.1) is 0 Å². The Balaban J connectivity index is 2.51.